The average molecular weight is 378 g/mol. The molecule has 3 N–H and O–H groups in total. The van der Waals surface area contributed by atoms with Gasteiger partial charge in [-0.25, -0.2) is 4.98 Å². The van der Waals surface area contributed by atoms with Gasteiger partial charge in [-0.05, 0) is 41.8 Å². The molecule has 4 rings (SSSR count). The van der Waals surface area contributed by atoms with E-state index in [1.165, 1.54) is 0 Å². The Balaban J connectivity index is 1.58. The lowest BCUT2D eigenvalue weighted by Crippen LogP contribution is -2.56. The first-order valence-corrected chi connectivity index (χ1v) is 9.39. The Morgan fingerprint density at radius 3 is 2.68 bits per heavy atom. The van der Waals surface area contributed by atoms with Crippen molar-refractivity contribution in [3.63, 3.8) is 0 Å². The van der Waals surface area contributed by atoms with E-state index in [1.54, 1.807) is 17.0 Å². The van der Waals surface area contributed by atoms with E-state index in [0.717, 1.165) is 22.2 Å². The van der Waals surface area contributed by atoms with Crippen LogP contribution in [0.1, 0.15) is 29.5 Å². The molecular weight excluding hydrogens is 356 g/mol. The van der Waals surface area contributed by atoms with E-state index in [2.05, 4.69) is 15.3 Å². The molecule has 1 aromatic heterocycles. The highest BCUT2D eigenvalue weighted by atomic mass is 16.3. The van der Waals surface area contributed by atoms with Crippen LogP contribution in [0.5, 0.6) is 0 Å². The van der Waals surface area contributed by atoms with Gasteiger partial charge in [0, 0.05) is 18.7 Å². The fourth-order valence-electron chi connectivity index (χ4n) is 3.65. The van der Waals surface area contributed by atoms with E-state index < -0.39 is 6.04 Å². The first kappa shape index (κ1) is 18.2. The SMILES string of the molecule is CCC1C(=O)NCCN1C(=O)c1ccc(-c2ccc3nc(CO)[nH]c3c2)cc1. The Morgan fingerprint density at radius 2 is 1.96 bits per heavy atom. The van der Waals surface area contributed by atoms with Crippen LogP contribution in [0.4, 0.5) is 0 Å². The third-order valence-corrected chi connectivity index (χ3v) is 5.12. The van der Waals surface area contributed by atoms with Gasteiger partial charge in [0.15, 0.2) is 0 Å². The van der Waals surface area contributed by atoms with Crippen LogP contribution in [-0.2, 0) is 11.4 Å². The molecule has 0 spiro atoms. The highest BCUT2D eigenvalue weighted by Crippen LogP contribution is 2.24. The van der Waals surface area contributed by atoms with Gasteiger partial charge in [0.25, 0.3) is 5.91 Å². The fourth-order valence-corrected chi connectivity index (χ4v) is 3.65. The van der Waals surface area contributed by atoms with Crippen molar-refractivity contribution < 1.29 is 14.7 Å². The summed E-state index contributed by atoms with van der Waals surface area (Å²) in [6.07, 6.45) is 0.593. The van der Waals surface area contributed by atoms with Crippen molar-refractivity contribution in [3.05, 3.63) is 53.9 Å². The van der Waals surface area contributed by atoms with Gasteiger partial charge in [-0.2, -0.15) is 0 Å². The zero-order valence-corrected chi connectivity index (χ0v) is 15.6. The topological polar surface area (TPSA) is 98.3 Å². The summed E-state index contributed by atoms with van der Waals surface area (Å²) in [6, 6.07) is 12.8. The van der Waals surface area contributed by atoms with Crippen LogP contribution in [0, 0.1) is 0 Å². The number of carbonyl (C=O) groups is 2. The summed E-state index contributed by atoms with van der Waals surface area (Å²) in [5.74, 6) is 0.322. The standard InChI is InChI=1S/C21H22N4O3/c1-2-18-20(27)22-9-10-25(18)21(28)14-5-3-13(4-6-14)15-7-8-16-17(11-15)24-19(12-26)23-16/h3-8,11,18,26H,2,9-10,12H2,1H3,(H,22,27)(H,23,24). The molecule has 2 aromatic carbocycles. The van der Waals surface area contributed by atoms with E-state index >= 15 is 0 Å². The predicted molar refractivity (Wildman–Crippen MR) is 106 cm³/mol. The van der Waals surface area contributed by atoms with Crippen molar-refractivity contribution in [2.45, 2.75) is 26.0 Å². The van der Waals surface area contributed by atoms with Crippen LogP contribution < -0.4 is 5.32 Å². The highest BCUT2D eigenvalue weighted by Gasteiger charge is 2.31. The van der Waals surface area contributed by atoms with Gasteiger partial charge >= 0.3 is 0 Å². The van der Waals surface area contributed by atoms with E-state index in [1.807, 2.05) is 37.3 Å². The zero-order chi connectivity index (χ0) is 19.7. The van der Waals surface area contributed by atoms with E-state index in [9.17, 15) is 14.7 Å². The Labute approximate surface area is 162 Å². The van der Waals surface area contributed by atoms with E-state index in [-0.39, 0.29) is 18.4 Å². The number of benzene rings is 2. The van der Waals surface area contributed by atoms with Crippen molar-refractivity contribution >= 4 is 22.8 Å². The van der Waals surface area contributed by atoms with Crippen molar-refractivity contribution in [1.82, 2.24) is 20.2 Å². The summed E-state index contributed by atoms with van der Waals surface area (Å²) >= 11 is 0. The van der Waals surface area contributed by atoms with Crippen molar-refractivity contribution in [1.29, 1.82) is 0 Å². The molecule has 3 aromatic rings. The van der Waals surface area contributed by atoms with Crippen molar-refractivity contribution in [2.75, 3.05) is 13.1 Å². The number of aliphatic hydroxyl groups is 1. The number of piperazine rings is 1. The lowest BCUT2D eigenvalue weighted by atomic mass is 10.0. The molecule has 1 aliphatic rings. The molecule has 0 radical (unpaired) electrons. The monoisotopic (exact) mass is 378 g/mol. The number of hydrogen-bond acceptors (Lipinski definition) is 4. The molecule has 0 bridgehead atoms. The minimum absolute atomic E-state index is 0.0890. The number of imidazole rings is 1. The zero-order valence-electron chi connectivity index (χ0n) is 15.6. The normalized spacial score (nSPS) is 17.0. The fraction of sp³-hybridized carbons (Fsp3) is 0.286. The van der Waals surface area contributed by atoms with Gasteiger partial charge in [0.2, 0.25) is 5.91 Å². The van der Waals surface area contributed by atoms with Gasteiger partial charge in [-0.15, -0.1) is 0 Å². The molecule has 7 heteroatoms. The maximum absolute atomic E-state index is 12.9. The number of nitrogens with one attached hydrogen (secondary N) is 2. The van der Waals surface area contributed by atoms with Gasteiger partial charge in [-0.3, -0.25) is 9.59 Å². The Morgan fingerprint density at radius 1 is 1.21 bits per heavy atom. The summed E-state index contributed by atoms with van der Waals surface area (Å²) in [4.78, 5) is 33.9. The molecule has 28 heavy (non-hydrogen) atoms. The quantitative estimate of drug-likeness (QED) is 0.647. The third kappa shape index (κ3) is 3.25. The molecule has 1 fully saturated rings. The number of hydrogen-bond donors (Lipinski definition) is 3. The number of H-pyrrole nitrogens is 1. The van der Waals surface area contributed by atoms with Crippen LogP contribution in [-0.4, -0.2) is 50.9 Å². The molecule has 0 aliphatic carbocycles. The minimum atomic E-state index is -0.413. The molecule has 7 nitrogen and oxygen atoms in total. The van der Waals surface area contributed by atoms with Gasteiger partial charge < -0.3 is 20.3 Å². The Bertz CT molecular complexity index is 1030. The van der Waals surface area contributed by atoms with Crippen molar-refractivity contribution in [2.24, 2.45) is 0 Å². The van der Waals surface area contributed by atoms with Gasteiger partial charge in [0.1, 0.15) is 18.5 Å². The number of fused-ring (bicyclic) bond motifs is 1. The molecule has 1 aliphatic heterocycles. The molecular formula is C21H22N4O3. The van der Waals surface area contributed by atoms with Crippen LogP contribution in [0.25, 0.3) is 22.2 Å². The second-order valence-electron chi connectivity index (χ2n) is 6.86. The van der Waals surface area contributed by atoms with Crippen LogP contribution in [0.3, 0.4) is 0 Å². The summed E-state index contributed by atoms with van der Waals surface area (Å²) in [5.41, 5.74) is 4.19. The summed E-state index contributed by atoms with van der Waals surface area (Å²) < 4.78 is 0. The molecule has 2 amide bonds. The second-order valence-corrected chi connectivity index (χ2v) is 6.86. The molecule has 2 heterocycles. The van der Waals surface area contributed by atoms with Crippen molar-refractivity contribution in [3.8, 4) is 11.1 Å². The molecule has 1 unspecified atom stereocenters. The molecule has 0 saturated carbocycles. The number of aliphatic hydroxyl groups excluding tert-OH is 1. The van der Waals surface area contributed by atoms with Crippen LogP contribution >= 0.6 is 0 Å². The number of rotatable bonds is 4. The largest absolute Gasteiger partial charge is 0.388 e. The lowest BCUT2D eigenvalue weighted by molar-refractivity contribution is -0.127. The first-order valence-electron chi connectivity index (χ1n) is 9.39. The maximum Gasteiger partial charge on any atom is 0.254 e. The second kappa shape index (κ2) is 7.44. The third-order valence-electron chi connectivity index (χ3n) is 5.12. The van der Waals surface area contributed by atoms with E-state index in [0.29, 0.717) is 30.9 Å². The lowest BCUT2D eigenvalue weighted by Gasteiger charge is -2.34. The highest BCUT2D eigenvalue weighted by molar-refractivity contribution is 5.98. The molecule has 1 atom stereocenters. The number of nitrogens with zero attached hydrogens (tertiary/aromatic N) is 2. The summed E-state index contributed by atoms with van der Waals surface area (Å²) in [6.45, 7) is 2.79. The summed E-state index contributed by atoms with van der Waals surface area (Å²) in [5, 5.41) is 12.0. The average Bonchev–Trinajstić information content (AvgIpc) is 3.15. The van der Waals surface area contributed by atoms with Crippen LogP contribution in [0.15, 0.2) is 42.5 Å². The maximum atomic E-state index is 12.9. The number of amides is 2. The van der Waals surface area contributed by atoms with Crippen LogP contribution in [0.2, 0.25) is 0 Å². The summed E-state index contributed by atoms with van der Waals surface area (Å²) in [7, 11) is 0. The Hall–Kier alpha value is -3.19. The predicted octanol–water partition coefficient (Wildman–Crippen LogP) is 2.07. The van der Waals surface area contributed by atoms with E-state index in [4.69, 9.17) is 0 Å². The molecule has 1 saturated heterocycles. The molecule has 144 valence electrons. The Kier molecular flexibility index (Phi) is 4.83. The number of carbonyl (C=O) groups excluding carboxylic acids is 2. The minimum Gasteiger partial charge on any atom is -0.388 e. The van der Waals surface area contributed by atoms with Gasteiger partial charge in [-0.1, -0.05) is 25.1 Å². The number of aromatic nitrogens is 2. The number of aromatic amines is 1. The smallest absolute Gasteiger partial charge is 0.254 e. The first-order chi connectivity index (χ1) is 13.6. The van der Waals surface area contributed by atoms with Gasteiger partial charge in [0.05, 0.1) is 11.0 Å².